The lowest BCUT2D eigenvalue weighted by Crippen LogP contribution is -2.34. The van der Waals surface area contributed by atoms with Crippen LogP contribution in [0.3, 0.4) is 0 Å². The monoisotopic (exact) mass is 204 g/mol. The van der Waals surface area contributed by atoms with Crippen molar-refractivity contribution < 1.29 is 4.79 Å². The Morgan fingerprint density at radius 2 is 2.07 bits per heavy atom. The summed E-state index contributed by atoms with van der Waals surface area (Å²) in [6.45, 7) is 1.89. The average molecular weight is 204 g/mol. The lowest BCUT2D eigenvalue weighted by atomic mass is 9.64. The van der Waals surface area contributed by atoms with Crippen LogP contribution < -0.4 is 0 Å². The number of Topliss-reactive ketones (excluding diaryl/α,β-unsaturated/α-hetero) is 1. The largest absolute Gasteiger partial charge is 0.300 e. The van der Waals surface area contributed by atoms with E-state index in [0.29, 0.717) is 17.1 Å². The molecule has 0 aliphatic heterocycles. The van der Waals surface area contributed by atoms with E-state index < -0.39 is 0 Å². The summed E-state index contributed by atoms with van der Waals surface area (Å²) in [5.41, 5.74) is 0.498. The molecule has 15 heavy (non-hydrogen) atoms. The van der Waals surface area contributed by atoms with Crippen molar-refractivity contribution in [2.75, 3.05) is 0 Å². The van der Waals surface area contributed by atoms with Gasteiger partial charge in [0.1, 0.15) is 5.78 Å². The standard InChI is InChI=1S/C14H20O/c1-2-3-6-12-11-13(15)7-10-14(12)8-4-5-9-14/h12H,4-11H2,1H3. The fraction of sp³-hybridized carbons (Fsp3) is 0.786. The zero-order chi connectivity index (χ0) is 10.7. The van der Waals surface area contributed by atoms with Gasteiger partial charge in [0.25, 0.3) is 0 Å². The van der Waals surface area contributed by atoms with Crippen molar-refractivity contribution in [3.63, 3.8) is 0 Å². The molecular formula is C14H20O. The van der Waals surface area contributed by atoms with Crippen molar-refractivity contribution in [1.29, 1.82) is 0 Å². The van der Waals surface area contributed by atoms with Gasteiger partial charge < -0.3 is 0 Å². The molecule has 0 heterocycles. The Bertz CT molecular complexity index is 299. The normalized spacial score (nSPS) is 28.9. The third kappa shape index (κ3) is 2.09. The van der Waals surface area contributed by atoms with Crippen LogP contribution in [0.1, 0.15) is 58.3 Å². The number of ketones is 1. The van der Waals surface area contributed by atoms with Crippen molar-refractivity contribution in [3.05, 3.63) is 0 Å². The average Bonchev–Trinajstić information content (AvgIpc) is 2.70. The van der Waals surface area contributed by atoms with Crippen LogP contribution in [-0.2, 0) is 4.79 Å². The molecule has 2 fully saturated rings. The van der Waals surface area contributed by atoms with Crippen LogP contribution in [0.25, 0.3) is 0 Å². The molecule has 0 N–H and O–H groups in total. The number of hydrogen-bond donors (Lipinski definition) is 0. The van der Waals surface area contributed by atoms with Crippen LogP contribution in [0, 0.1) is 23.2 Å². The van der Waals surface area contributed by atoms with Gasteiger partial charge in [-0.1, -0.05) is 12.8 Å². The molecule has 1 unspecified atom stereocenters. The van der Waals surface area contributed by atoms with Crippen LogP contribution in [0.15, 0.2) is 0 Å². The molecule has 0 amide bonds. The van der Waals surface area contributed by atoms with Crippen LogP contribution in [0.2, 0.25) is 0 Å². The van der Waals surface area contributed by atoms with Gasteiger partial charge in [0.15, 0.2) is 0 Å². The first kappa shape index (κ1) is 10.7. The first-order valence-corrected chi connectivity index (χ1v) is 6.18. The highest BCUT2D eigenvalue weighted by Gasteiger charge is 2.44. The summed E-state index contributed by atoms with van der Waals surface area (Å²) in [6, 6.07) is 0. The maximum atomic E-state index is 11.5. The van der Waals surface area contributed by atoms with E-state index in [9.17, 15) is 4.79 Å². The first-order valence-electron chi connectivity index (χ1n) is 6.18. The molecule has 1 heteroatoms. The molecule has 2 aliphatic carbocycles. The third-order valence-corrected chi connectivity index (χ3v) is 4.37. The van der Waals surface area contributed by atoms with Gasteiger partial charge in [-0.2, -0.15) is 0 Å². The molecule has 2 aliphatic rings. The van der Waals surface area contributed by atoms with E-state index in [1.807, 2.05) is 6.92 Å². The predicted octanol–water partition coefficient (Wildman–Crippen LogP) is 3.33. The van der Waals surface area contributed by atoms with Gasteiger partial charge in [0.05, 0.1) is 0 Å². The Balaban J connectivity index is 2.11. The van der Waals surface area contributed by atoms with E-state index in [1.54, 1.807) is 0 Å². The van der Waals surface area contributed by atoms with Crippen molar-refractivity contribution in [3.8, 4) is 11.8 Å². The molecule has 2 rings (SSSR count). The summed E-state index contributed by atoms with van der Waals surface area (Å²) in [7, 11) is 0. The first-order chi connectivity index (χ1) is 7.27. The minimum Gasteiger partial charge on any atom is -0.300 e. The Hall–Kier alpha value is -0.770. The zero-order valence-electron chi connectivity index (χ0n) is 9.64. The van der Waals surface area contributed by atoms with E-state index in [4.69, 9.17) is 0 Å². The van der Waals surface area contributed by atoms with Crippen molar-refractivity contribution in [2.24, 2.45) is 11.3 Å². The van der Waals surface area contributed by atoms with E-state index in [-0.39, 0.29) is 0 Å². The van der Waals surface area contributed by atoms with Gasteiger partial charge in [0.2, 0.25) is 0 Å². The van der Waals surface area contributed by atoms with Gasteiger partial charge in [-0.3, -0.25) is 4.79 Å². The van der Waals surface area contributed by atoms with Crippen LogP contribution >= 0.6 is 0 Å². The van der Waals surface area contributed by atoms with Crippen molar-refractivity contribution in [1.82, 2.24) is 0 Å². The molecule has 1 atom stereocenters. The topological polar surface area (TPSA) is 17.1 Å². The maximum Gasteiger partial charge on any atom is 0.133 e. The molecule has 0 radical (unpaired) electrons. The van der Waals surface area contributed by atoms with Gasteiger partial charge in [-0.05, 0) is 37.5 Å². The highest BCUT2D eigenvalue weighted by molar-refractivity contribution is 5.79. The molecule has 0 saturated heterocycles. The van der Waals surface area contributed by atoms with Gasteiger partial charge in [-0.25, -0.2) is 0 Å². The Kier molecular flexibility index (Phi) is 3.14. The number of carbonyl (C=O) groups is 1. The van der Waals surface area contributed by atoms with E-state index in [1.165, 1.54) is 25.7 Å². The minimum absolute atomic E-state index is 0.468. The van der Waals surface area contributed by atoms with Crippen molar-refractivity contribution >= 4 is 5.78 Å². The molecular weight excluding hydrogens is 184 g/mol. The smallest absolute Gasteiger partial charge is 0.133 e. The third-order valence-electron chi connectivity index (χ3n) is 4.37. The second-order valence-electron chi connectivity index (χ2n) is 5.14. The number of rotatable bonds is 1. The second kappa shape index (κ2) is 4.39. The summed E-state index contributed by atoms with van der Waals surface area (Å²) in [5.74, 6) is 7.19. The van der Waals surface area contributed by atoms with Gasteiger partial charge in [-0.15, -0.1) is 11.8 Å². The lowest BCUT2D eigenvalue weighted by molar-refractivity contribution is -0.124. The molecule has 1 spiro atoms. The minimum atomic E-state index is 0.468. The number of hydrogen-bond acceptors (Lipinski definition) is 1. The van der Waals surface area contributed by atoms with Crippen LogP contribution in [0.4, 0.5) is 0 Å². The van der Waals surface area contributed by atoms with Crippen LogP contribution in [0.5, 0.6) is 0 Å². The molecule has 0 aromatic carbocycles. The van der Waals surface area contributed by atoms with Gasteiger partial charge in [0, 0.05) is 19.3 Å². The summed E-state index contributed by atoms with van der Waals surface area (Å²) < 4.78 is 0. The highest BCUT2D eigenvalue weighted by atomic mass is 16.1. The fourth-order valence-electron chi connectivity index (χ4n) is 3.44. The fourth-order valence-corrected chi connectivity index (χ4v) is 3.44. The van der Waals surface area contributed by atoms with Gasteiger partial charge >= 0.3 is 0 Å². The van der Waals surface area contributed by atoms with E-state index in [2.05, 4.69) is 11.8 Å². The zero-order valence-corrected chi connectivity index (χ0v) is 9.64. The quantitative estimate of drug-likeness (QED) is 0.599. The molecule has 0 aromatic rings. The Labute approximate surface area is 92.6 Å². The maximum absolute atomic E-state index is 11.5. The SMILES string of the molecule is CC#CCC1CC(=O)CCC12CCCC2. The summed E-state index contributed by atoms with van der Waals surface area (Å²) >= 11 is 0. The van der Waals surface area contributed by atoms with E-state index >= 15 is 0 Å². The molecule has 2 saturated carbocycles. The Morgan fingerprint density at radius 1 is 1.33 bits per heavy atom. The summed E-state index contributed by atoms with van der Waals surface area (Å²) in [5, 5.41) is 0. The molecule has 82 valence electrons. The Morgan fingerprint density at radius 3 is 2.73 bits per heavy atom. The second-order valence-corrected chi connectivity index (χ2v) is 5.14. The molecule has 1 nitrogen and oxygen atoms in total. The highest BCUT2D eigenvalue weighted by Crippen LogP contribution is 2.52. The summed E-state index contributed by atoms with van der Waals surface area (Å²) in [6.07, 6.45) is 9.13. The predicted molar refractivity (Wildman–Crippen MR) is 61.3 cm³/mol. The van der Waals surface area contributed by atoms with Crippen LogP contribution in [-0.4, -0.2) is 5.78 Å². The van der Waals surface area contributed by atoms with Crippen molar-refractivity contribution in [2.45, 2.75) is 58.3 Å². The number of carbonyl (C=O) groups excluding carboxylic acids is 1. The summed E-state index contributed by atoms with van der Waals surface area (Å²) in [4.78, 5) is 11.5. The molecule has 0 bridgehead atoms. The lowest BCUT2D eigenvalue weighted by Gasteiger charge is -2.40. The molecule has 0 aromatic heterocycles. The van der Waals surface area contributed by atoms with E-state index in [0.717, 1.165) is 25.7 Å².